The van der Waals surface area contributed by atoms with Crippen LogP contribution in [0.5, 0.6) is 0 Å². The zero-order valence-corrected chi connectivity index (χ0v) is 19.1. The third kappa shape index (κ3) is 4.87. The molecule has 2 amide bonds. The Morgan fingerprint density at radius 2 is 1.88 bits per heavy atom. The normalized spacial score (nSPS) is 21.1. The molecule has 1 saturated heterocycles. The maximum atomic E-state index is 12.6. The Morgan fingerprint density at radius 1 is 1.06 bits per heavy atom. The largest absolute Gasteiger partial charge is 0.395 e. The second-order valence-corrected chi connectivity index (χ2v) is 9.53. The number of pyridine rings is 1. The van der Waals surface area contributed by atoms with E-state index in [2.05, 4.69) is 20.6 Å². The van der Waals surface area contributed by atoms with Gasteiger partial charge in [-0.15, -0.1) is 0 Å². The van der Waals surface area contributed by atoms with Gasteiger partial charge in [0.15, 0.2) is 5.13 Å². The van der Waals surface area contributed by atoms with Gasteiger partial charge < -0.3 is 25.7 Å². The summed E-state index contributed by atoms with van der Waals surface area (Å²) in [6, 6.07) is 11.9. The lowest BCUT2D eigenvalue weighted by Crippen LogP contribution is -2.33. The third-order valence-corrected chi connectivity index (χ3v) is 7.11. The second-order valence-electron chi connectivity index (χ2n) is 8.50. The number of benzene rings is 1. The van der Waals surface area contributed by atoms with Crippen LogP contribution >= 0.6 is 11.3 Å². The predicted molar refractivity (Wildman–Crippen MR) is 130 cm³/mol. The molecule has 1 aliphatic carbocycles. The van der Waals surface area contributed by atoms with Crippen molar-refractivity contribution in [2.45, 2.75) is 37.8 Å². The van der Waals surface area contributed by atoms with Gasteiger partial charge in [0.05, 0.1) is 22.9 Å². The molecule has 1 aliphatic heterocycles. The number of aliphatic hydroxyl groups excluding tert-OH is 2. The summed E-state index contributed by atoms with van der Waals surface area (Å²) in [7, 11) is 0. The van der Waals surface area contributed by atoms with Crippen molar-refractivity contribution in [2.24, 2.45) is 0 Å². The van der Waals surface area contributed by atoms with Crippen molar-refractivity contribution >= 4 is 50.0 Å². The highest BCUT2D eigenvalue weighted by molar-refractivity contribution is 7.22. The number of aromatic nitrogens is 2. The lowest BCUT2D eigenvalue weighted by molar-refractivity contribution is 0.126. The summed E-state index contributed by atoms with van der Waals surface area (Å²) in [5.74, 6) is 1.52. The van der Waals surface area contributed by atoms with Gasteiger partial charge >= 0.3 is 6.03 Å². The van der Waals surface area contributed by atoms with E-state index in [1.807, 2.05) is 36.4 Å². The number of nitrogens with zero attached hydrogens (tertiary/aromatic N) is 4. The molecular weight excluding hydrogens is 440 g/mol. The molecule has 5 rings (SSSR count). The molecule has 4 N–H and O–H groups in total. The van der Waals surface area contributed by atoms with Gasteiger partial charge in [0.2, 0.25) is 0 Å². The monoisotopic (exact) mass is 468 g/mol. The van der Waals surface area contributed by atoms with Crippen LogP contribution in [0.4, 0.5) is 27.2 Å². The molecule has 174 valence electrons. The quantitative estimate of drug-likeness (QED) is 0.420. The number of aliphatic hydroxyl groups is 2. The van der Waals surface area contributed by atoms with Crippen LogP contribution in [0, 0.1) is 0 Å². The fraction of sp³-hybridized carbons (Fsp3) is 0.435. The number of hydrogen-bond donors (Lipinski definition) is 4. The molecular formula is C23H28N6O3S. The van der Waals surface area contributed by atoms with E-state index >= 15 is 0 Å². The molecule has 2 aliphatic rings. The molecule has 9 nitrogen and oxygen atoms in total. The predicted octanol–water partition coefficient (Wildman–Crippen LogP) is 3.38. The average molecular weight is 469 g/mol. The Morgan fingerprint density at radius 3 is 2.70 bits per heavy atom. The van der Waals surface area contributed by atoms with Crippen LogP contribution in [0.15, 0.2) is 36.4 Å². The molecule has 2 fully saturated rings. The summed E-state index contributed by atoms with van der Waals surface area (Å²) in [4.78, 5) is 25.3. The van der Waals surface area contributed by atoms with Crippen LogP contribution in [0.1, 0.15) is 25.7 Å². The van der Waals surface area contributed by atoms with Gasteiger partial charge in [-0.25, -0.2) is 14.8 Å². The number of rotatable bonds is 7. The van der Waals surface area contributed by atoms with Crippen LogP contribution in [0.2, 0.25) is 0 Å². The number of nitrogens with one attached hydrogen (secondary N) is 2. The average Bonchev–Trinajstić information content (AvgIpc) is 3.38. The highest BCUT2D eigenvalue weighted by atomic mass is 32.1. The molecule has 1 aromatic carbocycles. The van der Waals surface area contributed by atoms with Gasteiger partial charge in [-0.2, -0.15) is 0 Å². The van der Waals surface area contributed by atoms with Crippen molar-refractivity contribution in [3.05, 3.63) is 36.4 Å². The number of anilines is 4. The standard InChI is InChI=1S/C23H28N6O3S/c30-13-12-28-10-11-29(23(28)32)16-6-9-18-19(14-16)33-22(25-18)27-21-3-1-2-20(26-21)24-15-4-7-17(31)8-5-15/h1-3,6,9,14-15,17,30-31H,4-5,7-8,10-13H2,(H2,24,25,26,27). The molecule has 3 heterocycles. The van der Waals surface area contributed by atoms with Crippen molar-refractivity contribution in [3.8, 4) is 0 Å². The molecule has 0 unspecified atom stereocenters. The molecule has 2 aromatic heterocycles. The topological polar surface area (TPSA) is 114 Å². The lowest BCUT2D eigenvalue weighted by atomic mass is 9.93. The molecule has 3 aromatic rings. The van der Waals surface area contributed by atoms with Crippen LogP contribution in [0.3, 0.4) is 0 Å². The van der Waals surface area contributed by atoms with Crippen LogP contribution in [-0.2, 0) is 0 Å². The van der Waals surface area contributed by atoms with Crippen LogP contribution in [0.25, 0.3) is 10.2 Å². The summed E-state index contributed by atoms with van der Waals surface area (Å²) in [5, 5.41) is 26.3. The van der Waals surface area contributed by atoms with Crippen molar-refractivity contribution in [3.63, 3.8) is 0 Å². The number of urea groups is 1. The minimum atomic E-state index is -0.174. The fourth-order valence-electron chi connectivity index (χ4n) is 4.41. The number of fused-ring (bicyclic) bond motifs is 1. The van der Waals surface area contributed by atoms with Gasteiger partial charge in [-0.05, 0) is 56.0 Å². The lowest BCUT2D eigenvalue weighted by Gasteiger charge is -2.26. The Bertz CT molecular complexity index is 1130. The number of β-amino-alcohol motifs (C(OH)–C–C–N with tert-alkyl or cyclic N) is 1. The summed E-state index contributed by atoms with van der Waals surface area (Å²) in [6.45, 7) is 1.55. The Balaban J connectivity index is 1.28. The molecule has 0 radical (unpaired) electrons. The summed E-state index contributed by atoms with van der Waals surface area (Å²) in [6.07, 6.45) is 3.36. The number of hydrogen-bond acceptors (Lipinski definition) is 8. The molecule has 0 atom stereocenters. The van der Waals surface area contributed by atoms with Crippen molar-refractivity contribution < 1.29 is 15.0 Å². The van der Waals surface area contributed by atoms with Crippen molar-refractivity contribution in [1.29, 1.82) is 0 Å². The van der Waals surface area contributed by atoms with E-state index in [1.54, 1.807) is 9.80 Å². The van der Waals surface area contributed by atoms with Gasteiger partial charge in [0, 0.05) is 31.4 Å². The van der Waals surface area contributed by atoms with Crippen LogP contribution in [-0.4, -0.2) is 69.5 Å². The van der Waals surface area contributed by atoms with Gasteiger partial charge in [0.1, 0.15) is 11.6 Å². The molecule has 0 spiro atoms. The SMILES string of the molecule is O=C1N(CCO)CCN1c1ccc2nc(Nc3cccc(NC4CCC(O)CC4)n3)sc2c1. The Kier molecular flexibility index (Phi) is 6.30. The second kappa shape index (κ2) is 9.50. The molecule has 0 bridgehead atoms. The van der Waals surface area contributed by atoms with E-state index in [1.165, 1.54) is 11.3 Å². The summed E-state index contributed by atoms with van der Waals surface area (Å²) in [5.41, 5.74) is 1.70. The summed E-state index contributed by atoms with van der Waals surface area (Å²) >= 11 is 1.52. The van der Waals surface area contributed by atoms with Gasteiger partial charge in [0.25, 0.3) is 0 Å². The zero-order chi connectivity index (χ0) is 22.8. The Hall–Kier alpha value is -2.95. The van der Waals surface area contributed by atoms with E-state index in [0.29, 0.717) is 31.5 Å². The first-order valence-electron chi connectivity index (χ1n) is 11.4. The number of thiazole rings is 1. The van der Waals surface area contributed by atoms with E-state index in [9.17, 15) is 9.90 Å². The van der Waals surface area contributed by atoms with Crippen LogP contribution < -0.4 is 15.5 Å². The Labute approximate surface area is 196 Å². The van der Waals surface area contributed by atoms with Gasteiger partial charge in [-0.3, -0.25) is 4.90 Å². The third-order valence-electron chi connectivity index (χ3n) is 6.18. The van der Waals surface area contributed by atoms with E-state index < -0.39 is 0 Å². The first-order chi connectivity index (χ1) is 16.1. The van der Waals surface area contributed by atoms with Gasteiger partial charge in [-0.1, -0.05) is 17.4 Å². The first-order valence-corrected chi connectivity index (χ1v) is 12.2. The first kappa shape index (κ1) is 21.9. The number of amides is 2. The minimum Gasteiger partial charge on any atom is -0.395 e. The molecule has 33 heavy (non-hydrogen) atoms. The fourth-order valence-corrected chi connectivity index (χ4v) is 5.31. The smallest absolute Gasteiger partial charge is 0.324 e. The number of carbonyl (C=O) groups excluding carboxylic acids is 1. The summed E-state index contributed by atoms with van der Waals surface area (Å²) < 4.78 is 0.985. The van der Waals surface area contributed by atoms with Crippen molar-refractivity contribution in [2.75, 3.05) is 41.8 Å². The zero-order valence-electron chi connectivity index (χ0n) is 18.3. The number of carbonyl (C=O) groups is 1. The maximum absolute atomic E-state index is 12.6. The molecule has 1 saturated carbocycles. The maximum Gasteiger partial charge on any atom is 0.324 e. The van der Waals surface area contributed by atoms with E-state index in [-0.39, 0.29) is 18.7 Å². The molecule has 10 heteroatoms. The minimum absolute atomic E-state index is 0.0307. The van der Waals surface area contributed by atoms with E-state index in [4.69, 9.17) is 5.11 Å². The van der Waals surface area contributed by atoms with Crippen molar-refractivity contribution in [1.82, 2.24) is 14.9 Å². The highest BCUT2D eigenvalue weighted by Gasteiger charge is 2.29. The highest BCUT2D eigenvalue weighted by Crippen LogP contribution is 2.32. The van der Waals surface area contributed by atoms with E-state index in [0.717, 1.165) is 52.5 Å².